The molecule has 0 spiro atoms. The summed E-state index contributed by atoms with van der Waals surface area (Å²) in [5.41, 5.74) is 2.30. The second-order valence-electron chi connectivity index (χ2n) is 5.87. The zero-order valence-corrected chi connectivity index (χ0v) is 13.6. The lowest BCUT2D eigenvalue weighted by atomic mass is 10.2. The summed E-state index contributed by atoms with van der Waals surface area (Å²) in [7, 11) is 0. The molecule has 0 aliphatic rings. The van der Waals surface area contributed by atoms with E-state index < -0.39 is 0 Å². The summed E-state index contributed by atoms with van der Waals surface area (Å²) in [5, 5.41) is 3.00. The number of para-hydroxylation sites is 2. The molecule has 2 aromatic heterocycles. The van der Waals surface area contributed by atoms with Gasteiger partial charge >= 0.3 is 0 Å². The highest BCUT2D eigenvalue weighted by Gasteiger charge is 2.19. The molecule has 6 nitrogen and oxygen atoms in total. The van der Waals surface area contributed by atoms with Crippen molar-refractivity contribution in [3.63, 3.8) is 0 Å². The van der Waals surface area contributed by atoms with Crippen molar-refractivity contribution >= 4 is 16.9 Å². The zero-order valence-electron chi connectivity index (χ0n) is 13.6. The average Bonchev–Trinajstić information content (AvgIpc) is 3.18. The number of carbonyl (C=O) groups excluding carboxylic acids is 1. The van der Waals surface area contributed by atoms with Gasteiger partial charge in [0.2, 0.25) is 0 Å². The normalized spacial score (nSPS) is 12.7. The van der Waals surface area contributed by atoms with Crippen molar-refractivity contribution in [3.8, 4) is 0 Å². The lowest BCUT2D eigenvalue weighted by Crippen LogP contribution is -2.29. The van der Waals surface area contributed by atoms with Crippen LogP contribution < -0.4 is 5.32 Å². The molecule has 1 atom stereocenters. The number of H-pyrrole nitrogens is 1. The van der Waals surface area contributed by atoms with Crippen LogP contribution in [0.2, 0.25) is 0 Å². The fourth-order valence-corrected chi connectivity index (χ4v) is 2.47. The number of aromatic nitrogens is 4. The van der Waals surface area contributed by atoms with Crippen molar-refractivity contribution in [2.75, 3.05) is 0 Å². The van der Waals surface area contributed by atoms with Crippen LogP contribution >= 0.6 is 0 Å². The number of carbonyl (C=O) groups is 1. The molecule has 6 heteroatoms. The summed E-state index contributed by atoms with van der Waals surface area (Å²) in [6, 6.07) is 7.95. The van der Waals surface area contributed by atoms with Crippen molar-refractivity contribution in [1.82, 2.24) is 24.8 Å². The highest BCUT2D eigenvalue weighted by atomic mass is 16.2. The molecule has 3 aromatic rings. The Morgan fingerprint density at radius 1 is 1.35 bits per heavy atom. The van der Waals surface area contributed by atoms with Gasteiger partial charge < -0.3 is 14.9 Å². The molecular formula is C17H21N5O. The van der Waals surface area contributed by atoms with Gasteiger partial charge in [-0.2, -0.15) is 0 Å². The molecule has 2 heterocycles. The second-order valence-corrected chi connectivity index (χ2v) is 5.87. The second kappa shape index (κ2) is 6.24. The highest BCUT2D eigenvalue weighted by molar-refractivity contribution is 5.92. The van der Waals surface area contributed by atoms with Gasteiger partial charge in [-0.05, 0) is 32.4 Å². The summed E-state index contributed by atoms with van der Waals surface area (Å²) in [5.74, 6) is 0.585. The van der Waals surface area contributed by atoms with Crippen molar-refractivity contribution in [1.29, 1.82) is 0 Å². The Hall–Kier alpha value is -2.63. The Labute approximate surface area is 135 Å². The molecule has 1 unspecified atom stereocenters. The van der Waals surface area contributed by atoms with Crippen molar-refractivity contribution in [2.45, 2.75) is 39.3 Å². The molecule has 0 saturated heterocycles. The number of fused-ring (bicyclic) bond motifs is 1. The van der Waals surface area contributed by atoms with E-state index in [4.69, 9.17) is 0 Å². The van der Waals surface area contributed by atoms with E-state index in [0.29, 0.717) is 5.69 Å². The largest absolute Gasteiger partial charge is 0.341 e. The number of hydrogen-bond acceptors (Lipinski definition) is 3. The molecule has 3 rings (SSSR count). The first-order chi connectivity index (χ1) is 11.1. The van der Waals surface area contributed by atoms with Crippen LogP contribution in [0.15, 0.2) is 36.8 Å². The summed E-state index contributed by atoms with van der Waals surface area (Å²) in [6.45, 7) is 6.12. The van der Waals surface area contributed by atoms with E-state index in [1.165, 1.54) is 0 Å². The molecule has 0 aliphatic heterocycles. The van der Waals surface area contributed by atoms with Crippen LogP contribution in [-0.2, 0) is 0 Å². The van der Waals surface area contributed by atoms with Crippen molar-refractivity contribution in [3.05, 3.63) is 48.3 Å². The summed E-state index contributed by atoms with van der Waals surface area (Å²) in [6.07, 6.45) is 4.20. The van der Waals surface area contributed by atoms with Gasteiger partial charge in [-0.15, -0.1) is 0 Å². The predicted molar refractivity (Wildman–Crippen MR) is 89.2 cm³/mol. The minimum Gasteiger partial charge on any atom is -0.341 e. The van der Waals surface area contributed by atoms with Crippen LogP contribution in [0.5, 0.6) is 0 Å². The Balaban J connectivity index is 1.79. The lowest BCUT2D eigenvalue weighted by Gasteiger charge is -2.13. The fourth-order valence-electron chi connectivity index (χ4n) is 2.47. The first-order valence-electron chi connectivity index (χ1n) is 7.87. The zero-order chi connectivity index (χ0) is 16.4. The van der Waals surface area contributed by atoms with Crippen LogP contribution in [0.25, 0.3) is 11.0 Å². The van der Waals surface area contributed by atoms with Gasteiger partial charge in [-0.25, -0.2) is 9.97 Å². The summed E-state index contributed by atoms with van der Waals surface area (Å²) >= 11 is 0. The maximum absolute atomic E-state index is 12.4. The molecule has 0 fully saturated rings. The molecular weight excluding hydrogens is 290 g/mol. The van der Waals surface area contributed by atoms with Crippen LogP contribution in [0, 0.1) is 0 Å². The third kappa shape index (κ3) is 3.11. The van der Waals surface area contributed by atoms with E-state index in [9.17, 15) is 4.79 Å². The predicted octanol–water partition coefficient (Wildman–Crippen LogP) is 3.22. The van der Waals surface area contributed by atoms with Gasteiger partial charge in [0.15, 0.2) is 0 Å². The van der Waals surface area contributed by atoms with E-state index in [-0.39, 0.29) is 18.0 Å². The SMILES string of the molecule is CCC(NC(=O)c1cn(C(C)C)cn1)c1nc2ccccc2[nH]1. The van der Waals surface area contributed by atoms with E-state index in [0.717, 1.165) is 23.3 Å². The number of aromatic amines is 1. The Kier molecular flexibility index (Phi) is 4.14. The van der Waals surface area contributed by atoms with E-state index in [2.05, 4.69) is 20.3 Å². The molecule has 1 aromatic carbocycles. The highest BCUT2D eigenvalue weighted by Crippen LogP contribution is 2.18. The van der Waals surface area contributed by atoms with Crippen molar-refractivity contribution in [2.24, 2.45) is 0 Å². The number of imidazole rings is 2. The summed E-state index contributed by atoms with van der Waals surface area (Å²) < 4.78 is 1.91. The molecule has 0 saturated carbocycles. The number of rotatable bonds is 5. The Morgan fingerprint density at radius 2 is 2.13 bits per heavy atom. The number of amides is 1. The average molecular weight is 311 g/mol. The standard InChI is InChI=1S/C17H21N5O/c1-4-12(16-19-13-7-5-6-8-14(13)20-16)21-17(23)15-9-22(10-18-15)11(2)3/h5-12H,4H2,1-3H3,(H,19,20)(H,21,23). The molecule has 1 amide bonds. The number of hydrogen-bond donors (Lipinski definition) is 2. The monoisotopic (exact) mass is 311 g/mol. The topological polar surface area (TPSA) is 75.6 Å². The van der Waals surface area contributed by atoms with Gasteiger partial charge in [-0.3, -0.25) is 4.79 Å². The number of nitrogens with one attached hydrogen (secondary N) is 2. The molecule has 0 radical (unpaired) electrons. The Morgan fingerprint density at radius 3 is 2.78 bits per heavy atom. The van der Waals surface area contributed by atoms with Crippen LogP contribution in [0.4, 0.5) is 0 Å². The van der Waals surface area contributed by atoms with E-state index in [1.54, 1.807) is 12.5 Å². The fraction of sp³-hybridized carbons (Fsp3) is 0.353. The molecule has 120 valence electrons. The van der Waals surface area contributed by atoms with Gasteiger partial charge in [-0.1, -0.05) is 19.1 Å². The lowest BCUT2D eigenvalue weighted by molar-refractivity contribution is 0.0929. The quantitative estimate of drug-likeness (QED) is 0.759. The molecule has 2 N–H and O–H groups in total. The van der Waals surface area contributed by atoms with Crippen LogP contribution in [0.1, 0.15) is 55.6 Å². The third-order valence-electron chi connectivity index (χ3n) is 3.88. The molecule has 0 aliphatic carbocycles. The minimum atomic E-state index is -0.184. The minimum absolute atomic E-state index is 0.167. The third-order valence-corrected chi connectivity index (χ3v) is 3.88. The van der Waals surface area contributed by atoms with Crippen LogP contribution in [0.3, 0.4) is 0 Å². The van der Waals surface area contributed by atoms with Gasteiger partial charge in [0.1, 0.15) is 11.5 Å². The smallest absolute Gasteiger partial charge is 0.272 e. The van der Waals surface area contributed by atoms with E-state index in [1.807, 2.05) is 49.6 Å². The molecule has 0 bridgehead atoms. The number of nitrogens with zero attached hydrogens (tertiary/aromatic N) is 3. The first-order valence-corrected chi connectivity index (χ1v) is 7.87. The van der Waals surface area contributed by atoms with E-state index >= 15 is 0 Å². The number of benzene rings is 1. The van der Waals surface area contributed by atoms with Crippen molar-refractivity contribution < 1.29 is 4.79 Å². The van der Waals surface area contributed by atoms with Gasteiger partial charge in [0.25, 0.3) is 5.91 Å². The maximum Gasteiger partial charge on any atom is 0.272 e. The van der Waals surface area contributed by atoms with Gasteiger partial charge in [0, 0.05) is 12.2 Å². The van der Waals surface area contributed by atoms with Crippen LogP contribution in [-0.4, -0.2) is 25.4 Å². The maximum atomic E-state index is 12.4. The summed E-state index contributed by atoms with van der Waals surface area (Å²) in [4.78, 5) is 24.4. The first kappa shape index (κ1) is 15.3. The molecule has 23 heavy (non-hydrogen) atoms. The van der Waals surface area contributed by atoms with Gasteiger partial charge in [0.05, 0.1) is 23.4 Å². The Bertz CT molecular complexity index is 784.